The number of hydrogen-bond acceptors (Lipinski definition) is 3. The van der Waals surface area contributed by atoms with Crippen molar-refractivity contribution in [3.05, 3.63) is 12.7 Å². The highest BCUT2D eigenvalue weighted by molar-refractivity contribution is 5.86. The Balaban J connectivity index is 3.06. The fourth-order valence-electron chi connectivity index (χ4n) is 1.09. The molecule has 0 aliphatic heterocycles. The molecule has 0 saturated heterocycles. The van der Waals surface area contributed by atoms with Crippen LogP contribution in [0.3, 0.4) is 0 Å². The van der Waals surface area contributed by atoms with Crippen molar-refractivity contribution in [2.75, 3.05) is 6.54 Å². The Bertz CT molecular complexity index is 169. The Hall–Kier alpha value is -0.870. The first-order valence-electron chi connectivity index (χ1n) is 4.93. The zero-order valence-electron chi connectivity index (χ0n) is 8.41. The van der Waals surface area contributed by atoms with Crippen molar-refractivity contribution in [1.82, 2.24) is 5.32 Å². The topological polar surface area (TPSA) is 69.6 Å². The van der Waals surface area contributed by atoms with Gasteiger partial charge in [-0.25, -0.2) is 0 Å². The zero-order valence-corrected chi connectivity index (χ0v) is 8.41. The maximum Gasteiger partial charge on any atom is 0.243 e. The molecule has 0 aromatic carbocycles. The van der Waals surface area contributed by atoms with Crippen molar-refractivity contribution in [1.29, 1.82) is 0 Å². The Morgan fingerprint density at radius 1 is 1.29 bits per heavy atom. The lowest BCUT2D eigenvalue weighted by Crippen LogP contribution is -2.21. The van der Waals surface area contributed by atoms with Crippen molar-refractivity contribution in [3.8, 4) is 0 Å². The molecule has 0 saturated carbocycles. The summed E-state index contributed by atoms with van der Waals surface area (Å²) < 4.78 is 0. The van der Waals surface area contributed by atoms with E-state index in [1.165, 1.54) is 6.08 Å². The first-order chi connectivity index (χ1) is 6.66. The second kappa shape index (κ2) is 8.72. The maximum absolute atomic E-state index is 10.7. The number of carbonyl (C=O) groups is 1. The van der Waals surface area contributed by atoms with Gasteiger partial charge in [0.25, 0.3) is 0 Å². The van der Waals surface area contributed by atoms with E-state index in [-0.39, 0.29) is 5.91 Å². The summed E-state index contributed by atoms with van der Waals surface area (Å²) in [7, 11) is 0. The van der Waals surface area contributed by atoms with E-state index >= 15 is 0 Å². The quantitative estimate of drug-likeness (QED) is 0.305. The van der Waals surface area contributed by atoms with Crippen LogP contribution in [0.5, 0.6) is 0 Å². The molecule has 0 aromatic rings. The molecule has 1 amide bonds. The lowest BCUT2D eigenvalue weighted by Gasteiger charge is -2.03. The summed E-state index contributed by atoms with van der Waals surface area (Å²) in [6, 6.07) is 0. The van der Waals surface area contributed by atoms with E-state index in [0.29, 0.717) is 13.0 Å². The molecule has 0 aliphatic rings. The molecule has 0 aliphatic carbocycles. The predicted molar refractivity (Wildman–Crippen MR) is 54.5 cm³/mol. The average molecular weight is 201 g/mol. The third-order valence-corrected chi connectivity index (χ3v) is 1.87. The van der Waals surface area contributed by atoms with E-state index in [1.54, 1.807) is 0 Å². The number of aliphatic hydroxyl groups is 2. The molecule has 0 fully saturated rings. The lowest BCUT2D eigenvalue weighted by atomic mass is 10.1. The van der Waals surface area contributed by atoms with Crippen LogP contribution >= 0.6 is 0 Å². The van der Waals surface area contributed by atoms with E-state index in [4.69, 9.17) is 10.2 Å². The number of unbranched alkanes of at least 4 members (excludes halogenated alkanes) is 3. The summed E-state index contributed by atoms with van der Waals surface area (Å²) in [5, 5.41) is 19.8. The molecule has 0 heterocycles. The van der Waals surface area contributed by atoms with E-state index in [9.17, 15) is 4.79 Å². The number of hydrogen-bond donors (Lipinski definition) is 3. The largest absolute Gasteiger partial charge is 0.368 e. The van der Waals surface area contributed by atoms with E-state index in [1.807, 2.05) is 0 Å². The monoisotopic (exact) mass is 201 g/mol. The van der Waals surface area contributed by atoms with Gasteiger partial charge < -0.3 is 15.5 Å². The minimum atomic E-state index is -1.18. The summed E-state index contributed by atoms with van der Waals surface area (Å²) >= 11 is 0. The standard InChI is InChI=1S/C10H19NO3/c1-2-9(12)11-8-6-4-3-5-7-10(13)14/h2,10,13-14H,1,3-8H2,(H,11,12). The molecule has 0 rings (SSSR count). The van der Waals surface area contributed by atoms with Crippen LogP contribution in [-0.2, 0) is 4.79 Å². The molecule has 3 N–H and O–H groups in total. The first kappa shape index (κ1) is 13.1. The fraction of sp³-hybridized carbons (Fsp3) is 0.700. The van der Waals surface area contributed by atoms with Crippen molar-refractivity contribution < 1.29 is 15.0 Å². The third-order valence-electron chi connectivity index (χ3n) is 1.87. The number of aliphatic hydroxyl groups excluding tert-OH is 1. The Kier molecular flexibility index (Phi) is 8.17. The molecule has 82 valence electrons. The molecule has 0 bridgehead atoms. The van der Waals surface area contributed by atoms with Crippen LogP contribution in [0.4, 0.5) is 0 Å². The van der Waals surface area contributed by atoms with Crippen LogP contribution in [-0.4, -0.2) is 29.0 Å². The molecular formula is C10H19NO3. The zero-order chi connectivity index (χ0) is 10.8. The summed E-state index contributed by atoms with van der Waals surface area (Å²) in [6.07, 6.45) is 4.18. The van der Waals surface area contributed by atoms with Gasteiger partial charge in [-0.2, -0.15) is 0 Å². The van der Waals surface area contributed by atoms with E-state index < -0.39 is 6.29 Å². The van der Waals surface area contributed by atoms with Crippen LogP contribution in [0.2, 0.25) is 0 Å². The molecule has 0 atom stereocenters. The highest BCUT2D eigenvalue weighted by atomic mass is 16.5. The van der Waals surface area contributed by atoms with Crippen molar-refractivity contribution in [2.45, 2.75) is 38.4 Å². The highest BCUT2D eigenvalue weighted by Gasteiger charge is 1.97. The van der Waals surface area contributed by atoms with Crippen LogP contribution in [0, 0.1) is 0 Å². The van der Waals surface area contributed by atoms with Crippen molar-refractivity contribution in [2.24, 2.45) is 0 Å². The third kappa shape index (κ3) is 9.22. The smallest absolute Gasteiger partial charge is 0.243 e. The Morgan fingerprint density at radius 3 is 2.50 bits per heavy atom. The van der Waals surface area contributed by atoms with Crippen LogP contribution in [0.1, 0.15) is 32.1 Å². The number of carbonyl (C=O) groups excluding carboxylic acids is 1. The van der Waals surface area contributed by atoms with Gasteiger partial charge in [-0.05, 0) is 25.3 Å². The second-order valence-corrected chi connectivity index (χ2v) is 3.18. The molecule has 0 radical (unpaired) electrons. The van der Waals surface area contributed by atoms with Gasteiger partial charge in [0.05, 0.1) is 0 Å². The van der Waals surface area contributed by atoms with E-state index in [0.717, 1.165) is 25.7 Å². The normalized spacial score (nSPS) is 10.2. The van der Waals surface area contributed by atoms with Gasteiger partial charge in [-0.15, -0.1) is 0 Å². The Morgan fingerprint density at radius 2 is 1.93 bits per heavy atom. The molecule has 4 heteroatoms. The molecule has 0 spiro atoms. The summed E-state index contributed by atoms with van der Waals surface area (Å²) in [4.78, 5) is 10.7. The maximum atomic E-state index is 10.7. The lowest BCUT2D eigenvalue weighted by molar-refractivity contribution is -0.116. The average Bonchev–Trinajstić information content (AvgIpc) is 2.15. The molecular weight excluding hydrogens is 182 g/mol. The first-order valence-corrected chi connectivity index (χ1v) is 4.93. The SMILES string of the molecule is C=CC(=O)NCCCCCCC(O)O. The number of rotatable bonds is 8. The molecule has 0 unspecified atom stereocenters. The molecule has 4 nitrogen and oxygen atoms in total. The van der Waals surface area contributed by atoms with Crippen molar-refractivity contribution >= 4 is 5.91 Å². The number of amides is 1. The Labute approximate surface area is 84.6 Å². The molecule has 14 heavy (non-hydrogen) atoms. The van der Waals surface area contributed by atoms with Crippen LogP contribution in [0.15, 0.2) is 12.7 Å². The van der Waals surface area contributed by atoms with Gasteiger partial charge in [0, 0.05) is 6.54 Å². The second-order valence-electron chi connectivity index (χ2n) is 3.18. The van der Waals surface area contributed by atoms with Crippen LogP contribution in [0.25, 0.3) is 0 Å². The minimum Gasteiger partial charge on any atom is -0.368 e. The molecule has 0 aromatic heterocycles. The minimum absolute atomic E-state index is 0.143. The summed E-state index contributed by atoms with van der Waals surface area (Å²) in [5.41, 5.74) is 0. The van der Waals surface area contributed by atoms with Crippen LogP contribution < -0.4 is 5.32 Å². The van der Waals surface area contributed by atoms with Gasteiger partial charge >= 0.3 is 0 Å². The highest BCUT2D eigenvalue weighted by Crippen LogP contribution is 2.03. The van der Waals surface area contributed by atoms with Gasteiger partial charge in [-0.3, -0.25) is 4.79 Å². The number of nitrogens with one attached hydrogen (secondary N) is 1. The van der Waals surface area contributed by atoms with Gasteiger partial charge in [0.2, 0.25) is 5.91 Å². The summed E-state index contributed by atoms with van der Waals surface area (Å²) in [5.74, 6) is -0.143. The predicted octanol–water partition coefficient (Wildman–Crippen LogP) is 0.550. The fourth-order valence-corrected chi connectivity index (χ4v) is 1.09. The van der Waals surface area contributed by atoms with Gasteiger partial charge in [0.15, 0.2) is 6.29 Å². The van der Waals surface area contributed by atoms with Gasteiger partial charge in [-0.1, -0.05) is 19.4 Å². The van der Waals surface area contributed by atoms with Crippen molar-refractivity contribution in [3.63, 3.8) is 0 Å². The van der Waals surface area contributed by atoms with E-state index in [2.05, 4.69) is 11.9 Å². The van der Waals surface area contributed by atoms with Gasteiger partial charge in [0.1, 0.15) is 0 Å². The summed E-state index contributed by atoms with van der Waals surface area (Å²) in [6.45, 7) is 4.00.